The fourth-order valence-electron chi connectivity index (χ4n) is 2.56. The van der Waals surface area contributed by atoms with E-state index in [0.29, 0.717) is 36.3 Å². The van der Waals surface area contributed by atoms with Crippen LogP contribution in [-0.4, -0.2) is 24.3 Å². The molecule has 5 nitrogen and oxygen atoms in total. The summed E-state index contributed by atoms with van der Waals surface area (Å²) in [5, 5.41) is 12.7. The molecule has 24 heavy (non-hydrogen) atoms. The Hall–Kier alpha value is -2.40. The van der Waals surface area contributed by atoms with Crippen molar-refractivity contribution in [3.05, 3.63) is 52.5 Å². The van der Waals surface area contributed by atoms with Crippen LogP contribution in [0.1, 0.15) is 17.5 Å². The molecule has 0 aliphatic carbocycles. The Morgan fingerprint density at radius 1 is 1.17 bits per heavy atom. The van der Waals surface area contributed by atoms with E-state index in [9.17, 15) is 4.79 Å². The number of benzene rings is 2. The van der Waals surface area contributed by atoms with Crippen LogP contribution in [0.5, 0.6) is 11.5 Å². The number of nitrogens with one attached hydrogen (secondary N) is 1. The normalized spacial score (nSPS) is 13.2. The van der Waals surface area contributed by atoms with Gasteiger partial charge in [-0.1, -0.05) is 23.7 Å². The number of halogens is 1. The van der Waals surface area contributed by atoms with E-state index < -0.39 is 5.97 Å². The van der Waals surface area contributed by atoms with Crippen LogP contribution >= 0.6 is 11.6 Å². The van der Waals surface area contributed by atoms with Gasteiger partial charge in [-0.2, -0.15) is 0 Å². The number of hydrogen-bond acceptors (Lipinski definition) is 4. The van der Waals surface area contributed by atoms with Gasteiger partial charge >= 0.3 is 5.97 Å². The fraction of sp³-hybridized carbons (Fsp3) is 0.278. The number of anilines is 1. The van der Waals surface area contributed by atoms with E-state index in [2.05, 4.69) is 5.32 Å². The first-order chi connectivity index (χ1) is 11.6. The number of ether oxygens (including phenoxy) is 2. The van der Waals surface area contributed by atoms with Crippen molar-refractivity contribution >= 4 is 23.3 Å². The third kappa shape index (κ3) is 4.11. The quantitative estimate of drug-likeness (QED) is 0.862. The van der Waals surface area contributed by atoms with Gasteiger partial charge in [-0.3, -0.25) is 4.79 Å². The van der Waals surface area contributed by atoms with Gasteiger partial charge < -0.3 is 19.9 Å². The van der Waals surface area contributed by atoms with Crippen LogP contribution < -0.4 is 14.8 Å². The molecule has 1 heterocycles. The van der Waals surface area contributed by atoms with Gasteiger partial charge in [0, 0.05) is 18.7 Å². The summed E-state index contributed by atoms with van der Waals surface area (Å²) in [4.78, 5) is 10.8. The number of fused-ring (bicyclic) bond motifs is 1. The molecule has 0 spiro atoms. The molecule has 2 aromatic carbocycles. The number of aliphatic carboxylic acids is 1. The number of carbonyl (C=O) groups is 1. The summed E-state index contributed by atoms with van der Waals surface area (Å²) in [7, 11) is 0. The minimum Gasteiger partial charge on any atom is -0.489 e. The predicted octanol–water partition coefficient (Wildman–Crippen LogP) is 3.74. The van der Waals surface area contributed by atoms with Gasteiger partial charge in [-0.25, -0.2) is 0 Å². The summed E-state index contributed by atoms with van der Waals surface area (Å²) in [6, 6.07) is 11.1. The first-order valence-corrected chi connectivity index (χ1v) is 8.12. The monoisotopic (exact) mass is 347 g/mol. The predicted molar refractivity (Wildman–Crippen MR) is 92.2 cm³/mol. The highest BCUT2D eigenvalue weighted by atomic mass is 35.5. The first-order valence-electron chi connectivity index (χ1n) is 7.74. The van der Waals surface area contributed by atoms with Crippen LogP contribution in [0.15, 0.2) is 36.4 Å². The molecule has 0 saturated heterocycles. The largest absolute Gasteiger partial charge is 0.489 e. The second-order valence-corrected chi connectivity index (χ2v) is 5.99. The van der Waals surface area contributed by atoms with Crippen LogP contribution in [0, 0.1) is 0 Å². The van der Waals surface area contributed by atoms with Crippen molar-refractivity contribution < 1.29 is 19.4 Å². The van der Waals surface area contributed by atoms with Gasteiger partial charge in [0.25, 0.3) is 0 Å². The Morgan fingerprint density at radius 3 is 2.83 bits per heavy atom. The van der Waals surface area contributed by atoms with Crippen molar-refractivity contribution in [1.82, 2.24) is 0 Å². The Bertz CT molecular complexity index is 748. The van der Waals surface area contributed by atoms with E-state index in [1.165, 1.54) is 0 Å². The molecule has 3 rings (SSSR count). The molecule has 0 unspecified atom stereocenters. The van der Waals surface area contributed by atoms with Gasteiger partial charge in [0.15, 0.2) is 11.5 Å². The van der Waals surface area contributed by atoms with Crippen LogP contribution in [0.4, 0.5) is 5.69 Å². The molecule has 0 atom stereocenters. The number of hydrogen-bond donors (Lipinski definition) is 2. The highest BCUT2D eigenvalue weighted by Gasteiger charge is 2.15. The summed E-state index contributed by atoms with van der Waals surface area (Å²) in [6.45, 7) is 1.75. The van der Waals surface area contributed by atoms with E-state index in [0.717, 1.165) is 23.2 Å². The van der Waals surface area contributed by atoms with Crippen molar-refractivity contribution in [1.29, 1.82) is 0 Å². The maximum absolute atomic E-state index is 10.8. The van der Waals surface area contributed by atoms with Crippen molar-refractivity contribution in [2.75, 3.05) is 18.5 Å². The second kappa shape index (κ2) is 7.45. The van der Waals surface area contributed by atoms with E-state index in [1.807, 2.05) is 30.3 Å². The van der Waals surface area contributed by atoms with Gasteiger partial charge in [-0.05, 0) is 35.4 Å². The Balaban J connectivity index is 1.72. The third-order valence-electron chi connectivity index (χ3n) is 3.64. The smallest absolute Gasteiger partial charge is 0.307 e. The van der Waals surface area contributed by atoms with Gasteiger partial charge in [0.05, 0.1) is 24.7 Å². The Kier molecular flexibility index (Phi) is 5.11. The molecular weight excluding hydrogens is 330 g/mol. The minimum absolute atomic E-state index is 0.00533. The SMILES string of the molecule is O=C(O)Cc1cccc(NCc2cc(Cl)c3c(c2)OCCCO3)c1. The average Bonchev–Trinajstić information content (AvgIpc) is 2.78. The minimum atomic E-state index is -0.846. The summed E-state index contributed by atoms with van der Waals surface area (Å²) < 4.78 is 11.3. The molecule has 0 amide bonds. The molecule has 0 aromatic heterocycles. The molecule has 0 radical (unpaired) electrons. The zero-order chi connectivity index (χ0) is 16.9. The average molecular weight is 348 g/mol. The second-order valence-electron chi connectivity index (χ2n) is 5.58. The maximum Gasteiger partial charge on any atom is 0.307 e. The number of rotatable bonds is 5. The Morgan fingerprint density at radius 2 is 2.00 bits per heavy atom. The molecule has 1 aliphatic rings. The molecule has 0 bridgehead atoms. The van der Waals surface area contributed by atoms with E-state index >= 15 is 0 Å². The van der Waals surface area contributed by atoms with E-state index in [1.54, 1.807) is 6.07 Å². The highest BCUT2D eigenvalue weighted by molar-refractivity contribution is 6.32. The molecule has 6 heteroatoms. The number of carboxylic acid groups (broad SMARTS) is 1. The molecular formula is C18H18ClNO4. The van der Waals surface area contributed by atoms with Gasteiger partial charge in [-0.15, -0.1) is 0 Å². The zero-order valence-corrected chi connectivity index (χ0v) is 13.8. The lowest BCUT2D eigenvalue weighted by atomic mass is 10.1. The lowest BCUT2D eigenvalue weighted by molar-refractivity contribution is -0.136. The van der Waals surface area contributed by atoms with Crippen molar-refractivity contribution in [3.63, 3.8) is 0 Å². The summed E-state index contributed by atoms with van der Waals surface area (Å²) in [5.41, 5.74) is 2.58. The van der Waals surface area contributed by atoms with Crippen LogP contribution in [-0.2, 0) is 17.8 Å². The standard InChI is InChI=1S/C18H18ClNO4/c19-15-8-13(9-16-18(15)24-6-2-5-23-16)11-20-14-4-1-3-12(7-14)10-17(21)22/h1,3-4,7-9,20H,2,5-6,10-11H2,(H,21,22). The molecule has 2 N–H and O–H groups in total. The summed E-state index contributed by atoms with van der Waals surface area (Å²) >= 11 is 6.29. The fourth-order valence-corrected chi connectivity index (χ4v) is 2.84. The number of carboxylic acids is 1. The molecule has 126 valence electrons. The molecule has 0 fully saturated rings. The van der Waals surface area contributed by atoms with Gasteiger partial charge in [0.2, 0.25) is 0 Å². The lowest BCUT2D eigenvalue weighted by Crippen LogP contribution is -2.03. The third-order valence-corrected chi connectivity index (χ3v) is 3.92. The molecule has 0 saturated carbocycles. The maximum atomic E-state index is 10.8. The molecule has 2 aromatic rings. The molecule has 1 aliphatic heterocycles. The lowest BCUT2D eigenvalue weighted by Gasteiger charge is -2.13. The van der Waals surface area contributed by atoms with Crippen LogP contribution in [0.25, 0.3) is 0 Å². The van der Waals surface area contributed by atoms with Crippen molar-refractivity contribution in [2.45, 2.75) is 19.4 Å². The van der Waals surface area contributed by atoms with Crippen LogP contribution in [0.3, 0.4) is 0 Å². The zero-order valence-electron chi connectivity index (χ0n) is 13.0. The highest BCUT2D eigenvalue weighted by Crippen LogP contribution is 2.38. The Labute approximate surface area is 145 Å². The van der Waals surface area contributed by atoms with Gasteiger partial charge in [0.1, 0.15) is 0 Å². The topological polar surface area (TPSA) is 67.8 Å². The van der Waals surface area contributed by atoms with E-state index in [-0.39, 0.29) is 6.42 Å². The van der Waals surface area contributed by atoms with Crippen molar-refractivity contribution in [2.24, 2.45) is 0 Å². The summed E-state index contributed by atoms with van der Waals surface area (Å²) in [6.07, 6.45) is 0.834. The summed E-state index contributed by atoms with van der Waals surface area (Å²) in [5.74, 6) is 0.416. The van der Waals surface area contributed by atoms with Crippen LogP contribution in [0.2, 0.25) is 5.02 Å². The van der Waals surface area contributed by atoms with Crippen molar-refractivity contribution in [3.8, 4) is 11.5 Å². The van der Waals surface area contributed by atoms with E-state index in [4.69, 9.17) is 26.2 Å². The first kappa shape index (κ1) is 16.5.